The normalized spacial score (nSPS) is 10.5. The molecule has 5 nitrogen and oxygen atoms in total. The molecule has 0 fully saturated rings. The predicted octanol–water partition coefficient (Wildman–Crippen LogP) is 2.84. The maximum absolute atomic E-state index is 10.6. The lowest BCUT2D eigenvalue weighted by Gasteiger charge is -2.00. The van der Waals surface area contributed by atoms with Gasteiger partial charge >= 0.3 is 0 Å². The van der Waals surface area contributed by atoms with E-state index in [1.807, 2.05) is 0 Å². The van der Waals surface area contributed by atoms with Crippen LogP contribution in [-0.2, 0) is 0 Å². The summed E-state index contributed by atoms with van der Waals surface area (Å²) in [6.07, 6.45) is 1.41. The third-order valence-corrected chi connectivity index (χ3v) is 2.47. The molecular formula is C8H3Cl2N3O2. The van der Waals surface area contributed by atoms with Gasteiger partial charge in [-0.15, -0.1) is 5.10 Å². The number of rotatable bonds is 1. The number of nitrogens with zero attached hydrogens (tertiary/aromatic N) is 3. The van der Waals surface area contributed by atoms with Crippen LogP contribution in [0.15, 0.2) is 18.3 Å². The molecule has 1 aromatic heterocycles. The molecule has 2 rings (SSSR count). The quantitative estimate of drug-likeness (QED) is 0.571. The number of benzene rings is 1. The van der Waals surface area contributed by atoms with Crippen LogP contribution in [0.4, 0.5) is 5.69 Å². The van der Waals surface area contributed by atoms with Gasteiger partial charge < -0.3 is 0 Å². The second-order valence-electron chi connectivity index (χ2n) is 2.78. The Labute approximate surface area is 93.8 Å². The molecule has 0 saturated carbocycles. The predicted molar refractivity (Wildman–Crippen MR) is 56.2 cm³/mol. The van der Waals surface area contributed by atoms with Crippen molar-refractivity contribution in [2.24, 2.45) is 0 Å². The number of hydrogen-bond acceptors (Lipinski definition) is 4. The number of hydrogen-bond donors (Lipinski definition) is 0. The summed E-state index contributed by atoms with van der Waals surface area (Å²) in [5, 5.41) is 19.1. The number of nitro benzene ring substituents is 1. The molecule has 0 aliphatic heterocycles. The number of aromatic nitrogens is 2. The summed E-state index contributed by atoms with van der Waals surface area (Å²) < 4.78 is 0. The lowest BCUT2D eigenvalue weighted by Crippen LogP contribution is -1.90. The molecule has 0 N–H and O–H groups in total. The fraction of sp³-hybridized carbons (Fsp3) is 0. The van der Waals surface area contributed by atoms with Crippen LogP contribution in [0.3, 0.4) is 0 Å². The summed E-state index contributed by atoms with van der Waals surface area (Å²) in [6.45, 7) is 0. The zero-order chi connectivity index (χ0) is 11.0. The fourth-order valence-corrected chi connectivity index (χ4v) is 1.66. The first-order chi connectivity index (χ1) is 7.09. The van der Waals surface area contributed by atoms with Gasteiger partial charge in [-0.3, -0.25) is 10.1 Å². The van der Waals surface area contributed by atoms with E-state index in [-0.39, 0.29) is 15.9 Å². The van der Waals surface area contributed by atoms with E-state index in [0.717, 1.165) is 0 Å². The number of non-ortho nitro benzene ring substituents is 1. The van der Waals surface area contributed by atoms with E-state index >= 15 is 0 Å². The highest BCUT2D eigenvalue weighted by Gasteiger charge is 2.13. The molecule has 0 aliphatic rings. The minimum absolute atomic E-state index is 0.0955. The molecule has 0 atom stereocenters. The Morgan fingerprint density at radius 1 is 1.27 bits per heavy atom. The summed E-state index contributed by atoms with van der Waals surface area (Å²) in [7, 11) is 0. The summed E-state index contributed by atoms with van der Waals surface area (Å²) in [5.74, 6) is 0. The van der Waals surface area contributed by atoms with Gasteiger partial charge in [-0.25, -0.2) is 0 Å². The van der Waals surface area contributed by atoms with Crippen LogP contribution < -0.4 is 0 Å². The van der Waals surface area contributed by atoms with E-state index in [2.05, 4.69) is 10.2 Å². The highest BCUT2D eigenvalue weighted by Crippen LogP contribution is 2.31. The Morgan fingerprint density at radius 2 is 2.00 bits per heavy atom. The number of nitro groups is 1. The van der Waals surface area contributed by atoms with E-state index in [0.29, 0.717) is 10.8 Å². The maximum Gasteiger partial charge on any atom is 0.271 e. The zero-order valence-corrected chi connectivity index (χ0v) is 8.66. The first kappa shape index (κ1) is 10.1. The summed E-state index contributed by atoms with van der Waals surface area (Å²) in [5.41, 5.74) is -0.123. The van der Waals surface area contributed by atoms with Crippen LogP contribution >= 0.6 is 23.2 Å². The highest BCUT2D eigenvalue weighted by molar-refractivity contribution is 6.39. The van der Waals surface area contributed by atoms with Gasteiger partial charge in [0.25, 0.3) is 5.69 Å². The number of fused-ring (bicyclic) bond motifs is 1. The van der Waals surface area contributed by atoms with Crippen molar-refractivity contribution < 1.29 is 4.92 Å². The molecule has 76 valence electrons. The van der Waals surface area contributed by atoms with Crippen LogP contribution in [-0.4, -0.2) is 15.1 Å². The molecule has 7 heteroatoms. The highest BCUT2D eigenvalue weighted by atomic mass is 35.5. The molecule has 0 amide bonds. The molecule has 15 heavy (non-hydrogen) atoms. The van der Waals surface area contributed by atoms with Gasteiger partial charge in [-0.05, 0) is 0 Å². The third kappa shape index (κ3) is 1.71. The van der Waals surface area contributed by atoms with Crippen molar-refractivity contribution in [2.45, 2.75) is 0 Å². The van der Waals surface area contributed by atoms with E-state index in [4.69, 9.17) is 23.2 Å². The average Bonchev–Trinajstić information content (AvgIpc) is 2.19. The lowest BCUT2D eigenvalue weighted by atomic mass is 10.2. The van der Waals surface area contributed by atoms with E-state index in [9.17, 15) is 10.1 Å². The van der Waals surface area contributed by atoms with Gasteiger partial charge in [-0.1, -0.05) is 23.2 Å². The Hall–Kier alpha value is -1.46. The monoisotopic (exact) mass is 243 g/mol. The van der Waals surface area contributed by atoms with Gasteiger partial charge in [0.05, 0.1) is 16.1 Å². The Balaban J connectivity index is 2.85. The minimum atomic E-state index is -0.540. The standard InChI is InChI=1S/C8H3Cl2N3O2/c9-7-2-4(13(14)15)1-5-6(7)3-11-12-8(5)10/h1-3H. The smallest absolute Gasteiger partial charge is 0.258 e. The molecule has 0 unspecified atom stereocenters. The van der Waals surface area contributed by atoms with Gasteiger partial charge in [0, 0.05) is 22.9 Å². The van der Waals surface area contributed by atoms with Gasteiger partial charge in [0.15, 0.2) is 5.15 Å². The molecule has 0 saturated heterocycles. The van der Waals surface area contributed by atoms with Crippen LogP contribution in [0.2, 0.25) is 10.2 Å². The maximum atomic E-state index is 10.6. The van der Waals surface area contributed by atoms with Crippen molar-refractivity contribution in [3.8, 4) is 0 Å². The Kier molecular flexibility index (Phi) is 2.42. The second-order valence-corrected chi connectivity index (χ2v) is 3.55. The first-order valence-electron chi connectivity index (χ1n) is 3.84. The molecule has 0 radical (unpaired) electrons. The van der Waals surface area contributed by atoms with Crippen LogP contribution in [0.1, 0.15) is 0 Å². The van der Waals surface area contributed by atoms with E-state index in [1.165, 1.54) is 18.3 Å². The fourth-order valence-electron chi connectivity index (χ4n) is 1.20. The van der Waals surface area contributed by atoms with Crippen molar-refractivity contribution >= 4 is 39.7 Å². The molecule has 0 aliphatic carbocycles. The lowest BCUT2D eigenvalue weighted by molar-refractivity contribution is -0.384. The molecule has 0 spiro atoms. The topological polar surface area (TPSA) is 68.9 Å². The van der Waals surface area contributed by atoms with Gasteiger partial charge in [-0.2, -0.15) is 5.10 Å². The summed E-state index contributed by atoms with van der Waals surface area (Å²) >= 11 is 11.6. The molecule has 1 heterocycles. The second kappa shape index (κ2) is 3.60. The van der Waals surface area contributed by atoms with Crippen molar-refractivity contribution in [2.75, 3.05) is 0 Å². The Bertz CT molecular complexity index is 559. The van der Waals surface area contributed by atoms with Gasteiger partial charge in [0.2, 0.25) is 0 Å². The Morgan fingerprint density at radius 3 is 2.67 bits per heavy atom. The van der Waals surface area contributed by atoms with Crippen LogP contribution in [0.25, 0.3) is 10.8 Å². The molecule has 1 aromatic carbocycles. The third-order valence-electron chi connectivity index (χ3n) is 1.88. The zero-order valence-electron chi connectivity index (χ0n) is 7.15. The molecule has 2 aromatic rings. The average molecular weight is 244 g/mol. The van der Waals surface area contributed by atoms with Gasteiger partial charge in [0.1, 0.15) is 0 Å². The van der Waals surface area contributed by atoms with Crippen LogP contribution in [0.5, 0.6) is 0 Å². The van der Waals surface area contributed by atoms with Crippen molar-refractivity contribution in [1.82, 2.24) is 10.2 Å². The van der Waals surface area contributed by atoms with Crippen molar-refractivity contribution in [3.05, 3.63) is 38.6 Å². The van der Waals surface area contributed by atoms with Crippen LogP contribution in [0, 0.1) is 10.1 Å². The minimum Gasteiger partial charge on any atom is -0.258 e. The van der Waals surface area contributed by atoms with E-state index < -0.39 is 4.92 Å². The van der Waals surface area contributed by atoms with E-state index in [1.54, 1.807) is 0 Å². The summed E-state index contributed by atoms with van der Waals surface area (Å²) in [4.78, 5) is 10.0. The van der Waals surface area contributed by atoms with Crippen molar-refractivity contribution in [1.29, 1.82) is 0 Å². The van der Waals surface area contributed by atoms with Crippen molar-refractivity contribution in [3.63, 3.8) is 0 Å². The number of halogens is 2. The summed E-state index contributed by atoms with van der Waals surface area (Å²) in [6, 6.07) is 2.57. The molecular weight excluding hydrogens is 241 g/mol. The molecule has 0 bridgehead atoms. The largest absolute Gasteiger partial charge is 0.271 e. The SMILES string of the molecule is O=[N+]([O-])c1cc(Cl)c2cnnc(Cl)c2c1. The first-order valence-corrected chi connectivity index (χ1v) is 4.60.